The van der Waals surface area contributed by atoms with E-state index in [1.54, 1.807) is 6.20 Å². The lowest BCUT2D eigenvalue weighted by Crippen LogP contribution is -2.31. The van der Waals surface area contributed by atoms with Gasteiger partial charge in [0.2, 0.25) is 5.91 Å². The summed E-state index contributed by atoms with van der Waals surface area (Å²) in [5, 5.41) is 9.93. The third-order valence-corrected chi connectivity index (χ3v) is 5.18. The summed E-state index contributed by atoms with van der Waals surface area (Å²) in [6.07, 6.45) is 7.40. The van der Waals surface area contributed by atoms with E-state index in [2.05, 4.69) is 37.4 Å². The highest BCUT2D eigenvalue weighted by molar-refractivity contribution is 5.79. The van der Waals surface area contributed by atoms with E-state index in [1.165, 1.54) is 12.8 Å². The van der Waals surface area contributed by atoms with Gasteiger partial charge < -0.3 is 10.2 Å². The molecule has 0 bridgehead atoms. The molecule has 26 heavy (non-hydrogen) atoms. The number of nitrogens with one attached hydrogen (secondary N) is 2. The number of nitrogens with zero attached hydrogens (tertiary/aromatic N) is 4. The molecule has 1 aliphatic rings. The first-order valence-electron chi connectivity index (χ1n) is 9.26. The van der Waals surface area contributed by atoms with Gasteiger partial charge in [0.25, 0.3) is 0 Å². The van der Waals surface area contributed by atoms with Crippen LogP contribution < -0.4 is 5.32 Å². The van der Waals surface area contributed by atoms with Crippen LogP contribution in [0.25, 0.3) is 0 Å². The number of hydrogen-bond donors (Lipinski definition) is 2. The zero-order chi connectivity index (χ0) is 18.5. The summed E-state index contributed by atoms with van der Waals surface area (Å²) in [6, 6.07) is 0. The number of amides is 1. The van der Waals surface area contributed by atoms with E-state index in [9.17, 15) is 4.79 Å². The third-order valence-electron chi connectivity index (χ3n) is 5.18. The second-order valence-electron chi connectivity index (χ2n) is 7.32. The Morgan fingerprint density at radius 1 is 1.23 bits per heavy atom. The van der Waals surface area contributed by atoms with E-state index >= 15 is 0 Å². The molecule has 7 heteroatoms. The molecule has 0 unspecified atom stereocenters. The van der Waals surface area contributed by atoms with Crippen molar-refractivity contribution in [2.75, 3.05) is 20.1 Å². The number of carbonyl (C=O) groups is 1. The summed E-state index contributed by atoms with van der Waals surface area (Å²) in [7, 11) is 2.17. The molecule has 0 aromatic carbocycles. The lowest BCUT2D eigenvalue weighted by Gasteiger charge is -2.28. The molecule has 1 fully saturated rings. The molecule has 1 saturated heterocycles. The van der Waals surface area contributed by atoms with Gasteiger partial charge in [-0.2, -0.15) is 5.10 Å². The molecular formula is C19H28N6O. The normalized spacial score (nSPS) is 16.0. The topological polar surface area (TPSA) is 86.8 Å². The van der Waals surface area contributed by atoms with Crippen molar-refractivity contribution in [3.63, 3.8) is 0 Å². The number of likely N-dealkylation sites (tertiary alicyclic amines) is 1. The van der Waals surface area contributed by atoms with E-state index in [-0.39, 0.29) is 5.91 Å². The third kappa shape index (κ3) is 4.88. The molecular weight excluding hydrogens is 328 g/mol. The van der Waals surface area contributed by atoms with Gasteiger partial charge in [0, 0.05) is 17.5 Å². The fourth-order valence-electron chi connectivity index (χ4n) is 3.39. The van der Waals surface area contributed by atoms with Crippen LogP contribution in [-0.4, -0.2) is 51.1 Å². The van der Waals surface area contributed by atoms with Crippen molar-refractivity contribution in [3.8, 4) is 0 Å². The first kappa shape index (κ1) is 18.5. The average Bonchev–Trinajstić information content (AvgIpc) is 2.95. The molecule has 2 aromatic rings. The maximum Gasteiger partial charge on any atom is 0.224 e. The van der Waals surface area contributed by atoms with Crippen LogP contribution in [0.2, 0.25) is 0 Å². The van der Waals surface area contributed by atoms with E-state index < -0.39 is 0 Å². The average molecular weight is 356 g/mol. The highest BCUT2D eigenvalue weighted by Crippen LogP contribution is 2.19. The monoisotopic (exact) mass is 356 g/mol. The van der Waals surface area contributed by atoms with Gasteiger partial charge in [0.1, 0.15) is 0 Å². The van der Waals surface area contributed by atoms with Crippen LogP contribution >= 0.6 is 0 Å². The Morgan fingerprint density at radius 2 is 1.92 bits per heavy atom. The Labute approximate surface area is 154 Å². The molecule has 0 atom stereocenters. The van der Waals surface area contributed by atoms with E-state index in [0.717, 1.165) is 47.8 Å². The molecule has 7 nitrogen and oxygen atoms in total. The lowest BCUT2D eigenvalue weighted by molar-refractivity contribution is -0.120. The van der Waals surface area contributed by atoms with Crippen molar-refractivity contribution < 1.29 is 4.79 Å². The Kier molecular flexibility index (Phi) is 5.98. The molecule has 0 saturated carbocycles. The van der Waals surface area contributed by atoms with Crippen LogP contribution in [0.1, 0.15) is 41.2 Å². The molecule has 140 valence electrons. The Bertz CT molecular complexity index is 711. The molecule has 2 N–H and O–H groups in total. The van der Waals surface area contributed by atoms with Crippen molar-refractivity contribution in [2.45, 2.75) is 46.1 Å². The first-order chi connectivity index (χ1) is 12.5. The molecule has 0 radical (unpaired) electrons. The number of carbonyl (C=O) groups excluding carboxylic acids is 1. The zero-order valence-corrected chi connectivity index (χ0v) is 15.9. The number of aromatic nitrogens is 4. The van der Waals surface area contributed by atoms with Crippen LogP contribution in [-0.2, 0) is 24.2 Å². The summed E-state index contributed by atoms with van der Waals surface area (Å²) >= 11 is 0. The standard InChI is InChI=1S/C19H28N6O/c1-13-18(14(2)24-23-13)9-19(26)22-12-17-11-20-16(10-21-17)8-15-4-6-25(3)7-5-15/h10-11,15H,4-9,12H2,1-3H3,(H,22,26)(H,23,24). The highest BCUT2D eigenvalue weighted by atomic mass is 16.1. The Balaban J connectivity index is 1.46. The highest BCUT2D eigenvalue weighted by Gasteiger charge is 2.17. The minimum Gasteiger partial charge on any atom is -0.350 e. The summed E-state index contributed by atoms with van der Waals surface area (Å²) in [4.78, 5) is 23.5. The summed E-state index contributed by atoms with van der Waals surface area (Å²) in [5.74, 6) is 0.669. The molecule has 1 aliphatic heterocycles. The number of aryl methyl sites for hydroxylation is 2. The van der Waals surface area contributed by atoms with Gasteiger partial charge in [-0.1, -0.05) is 0 Å². The summed E-state index contributed by atoms with van der Waals surface area (Å²) < 4.78 is 0. The van der Waals surface area contributed by atoms with E-state index in [0.29, 0.717) is 18.9 Å². The lowest BCUT2D eigenvalue weighted by atomic mass is 9.92. The molecule has 3 rings (SSSR count). The number of H-pyrrole nitrogens is 1. The van der Waals surface area contributed by atoms with E-state index in [1.807, 2.05) is 20.0 Å². The number of aromatic amines is 1. The van der Waals surface area contributed by atoms with Gasteiger partial charge in [-0.15, -0.1) is 0 Å². The fourth-order valence-corrected chi connectivity index (χ4v) is 3.39. The SMILES string of the molecule is Cc1n[nH]c(C)c1CC(=O)NCc1cnc(CC2CCN(C)CC2)cn1. The maximum atomic E-state index is 12.1. The summed E-state index contributed by atoms with van der Waals surface area (Å²) in [5.41, 5.74) is 4.60. The van der Waals surface area contributed by atoms with Crippen LogP contribution in [0.15, 0.2) is 12.4 Å². The molecule has 0 aliphatic carbocycles. The van der Waals surface area contributed by atoms with Crippen molar-refractivity contribution in [2.24, 2.45) is 5.92 Å². The second-order valence-corrected chi connectivity index (χ2v) is 7.32. The largest absolute Gasteiger partial charge is 0.350 e. The minimum absolute atomic E-state index is 0.0326. The van der Waals surface area contributed by atoms with Crippen LogP contribution in [0.3, 0.4) is 0 Å². The van der Waals surface area contributed by atoms with Gasteiger partial charge in [-0.05, 0) is 59.2 Å². The van der Waals surface area contributed by atoms with Crippen molar-refractivity contribution >= 4 is 5.91 Å². The van der Waals surface area contributed by atoms with Gasteiger partial charge in [0.15, 0.2) is 0 Å². The van der Waals surface area contributed by atoms with Crippen LogP contribution in [0.5, 0.6) is 0 Å². The van der Waals surface area contributed by atoms with Crippen molar-refractivity contribution in [1.29, 1.82) is 0 Å². The number of hydrogen-bond acceptors (Lipinski definition) is 5. The Morgan fingerprint density at radius 3 is 2.54 bits per heavy atom. The molecule has 2 aromatic heterocycles. The van der Waals surface area contributed by atoms with Gasteiger partial charge in [0.05, 0.1) is 36.2 Å². The second kappa shape index (κ2) is 8.40. The number of piperidine rings is 1. The zero-order valence-electron chi connectivity index (χ0n) is 15.9. The molecule has 0 spiro atoms. The molecule has 1 amide bonds. The van der Waals surface area contributed by atoms with Gasteiger partial charge in [-0.3, -0.25) is 19.9 Å². The summed E-state index contributed by atoms with van der Waals surface area (Å²) in [6.45, 7) is 6.56. The smallest absolute Gasteiger partial charge is 0.224 e. The first-order valence-corrected chi connectivity index (χ1v) is 9.26. The van der Waals surface area contributed by atoms with Crippen molar-refractivity contribution in [3.05, 3.63) is 40.7 Å². The van der Waals surface area contributed by atoms with Gasteiger partial charge >= 0.3 is 0 Å². The van der Waals surface area contributed by atoms with Gasteiger partial charge in [-0.25, -0.2) is 0 Å². The molecule has 3 heterocycles. The maximum absolute atomic E-state index is 12.1. The van der Waals surface area contributed by atoms with Crippen LogP contribution in [0, 0.1) is 19.8 Å². The predicted molar refractivity (Wildman–Crippen MR) is 99.6 cm³/mol. The fraction of sp³-hybridized carbons (Fsp3) is 0.579. The Hall–Kier alpha value is -2.28. The number of rotatable bonds is 6. The minimum atomic E-state index is -0.0326. The van der Waals surface area contributed by atoms with Crippen LogP contribution in [0.4, 0.5) is 0 Å². The quantitative estimate of drug-likeness (QED) is 0.820. The van der Waals surface area contributed by atoms with E-state index in [4.69, 9.17) is 0 Å². The predicted octanol–water partition coefficient (Wildman–Crippen LogP) is 1.56. The van der Waals surface area contributed by atoms with Crippen molar-refractivity contribution in [1.82, 2.24) is 30.4 Å².